The van der Waals surface area contributed by atoms with E-state index in [0.717, 1.165) is 61.0 Å². The Kier molecular flexibility index (Phi) is 11.6. The zero-order valence-electron chi connectivity index (χ0n) is 25.4. The lowest BCUT2D eigenvalue weighted by Crippen LogP contribution is -2.41. The summed E-state index contributed by atoms with van der Waals surface area (Å²) in [4.78, 5) is 28.6. The van der Waals surface area contributed by atoms with Crippen LogP contribution < -0.4 is 15.0 Å². The summed E-state index contributed by atoms with van der Waals surface area (Å²) < 4.78 is 15.7. The molecule has 0 aromatic heterocycles. The lowest BCUT2D eigenvalue weighted by molar-refractivity contribution is -0.146. The second kappa shape index (κ2) is 15.2. The second-order valence-electron chi connectivity index (χ2n) is 11.2. The Labute approximate surface area is 276 Å². The normalized spacial score (nSPS) is 23.8. The van der Waals surface area contributed by atoms with Crippen LogP contribution in [0, 0.1) is 0 Å². The van der Waals surface area contributed by atoms with Crippen LogP contribution in [0.3, 0.4) is 0 Å². The third-order valence-corrected chi connectivity index (χ3v) is 15.2. The van der Waals surface area contributed by atoms with Gasteiger partial charge in [0.05, 0.1) is 35.5 Å². The van der Waals surface area contributed by atoms with Crippen LogP contribution in [0.15, 0.2) is 48.5 Å². The van der Waals surface area contributed by atoms with Crippen molar-refractivity contribution in [1.29, 1.82) is 0 Å². The highest BCUT2D eigenvalue weighted by atomic mass is 32.2. The molecule has 4 aliphatic rings. The van der Waals surface area contributed by atoms with Crippen LogP contribution in [0.4, 0.5) is 0 Å². The summed E-state index contributed by atoms with van der Waals surface area (Å²) in [6.45, 7) is 3.28. The van der Waals surface area contributed by atoms with E-state index in [1.165, 1.54) is 24.2 Å². The smallest absolute Gasteiger partial charge is 0.323 e. The molecule has 2 atom stereocenters. The fourth-order valence-electron chi connectivity index (χ4n) is 6.19. The van der Waals surface area contributed by atoms with Crippen molar-refractivity contribution in [3.63, 3.8) is 0 Å². The molecule has 6 rings (SSSR count). The van der Waals surface area contributed by atoms with Gasteiger partial charge in [0, 0.05) is 49.2 Å². The maximum absolute atomic E-state index is 12.2. The summed E-state index contributed by atoms with van der Waals surface area (Å²) >= 11 is 7.88. The van der Waals surface area contributed by atoms with Crippen molar-refractivity contribution >= 4 is 58.9 Å². The number of nitrogens with one attached hydrogen (secondary N) is 1. The molecule has 0 bridgehead atoms. The largest absolute Gasteiger partial charge is 0.497 e. The Balaban J connectivity index is 0.000000175. The average Bonchev–Trinajstić information content (AvgIpc) is 3.86. The minimum Gasteiger partial charge on any atom is -0.497 e. The molecule has 0 radical (unpaired) electrons. The number of thioether (sulfide) groups is 4. The van der Waals surface area contributed by atoms with Gasteiger partial charge in [0.15, 0.2) is 0 Å². The highest BCUT2D eigenvalue weighted by Crippen LogP contribution is 2.53. The summed E-state index contributed by atoms with van der Waals surface area (Å²) in [6.07, 6.45) is 1.66. The summed E-state index contributed by atoms with van der Waals surface area (Å²) in [6, 6.07) is 15.6. The maximum atomic E-state index is 12.2. The van der Waals surface area contributed by atoms with E-state index in [-0.39, 0.29) is 32.1 Å². The summed E-state index contributed by atoms with van der Waals surface area (Å²) in [5, 5.41) is 9.02. The Morgan fingerprint density at radius 1 is 0.750 bits per heavy atom. The number of likely N-dealkylation sites (tertiary alicyclic amines) is 2. The summed E-state index contributed by atoms with van der Waals surface area (Å²) in [5.74, 6) is 5.88. The fraction of sp³-hybridized carbons (Fsp3) is 0.548. The minimum absolute atomic E-state index is 0.101. The number of hydrogen-bond donors (Lipinski definition) is 2. The predicted molar refractivity (Wildman–Crippen MR) is 181 cm³/mol. The standard InChI is InChI=1S/C16H21NO3S2.C15H20N2O3S2/c1-19-13-5-3-12(4-6-13)10-17-11-16(21-7-8-22-16)9-14(17)15(18)20-2;1-20-12-4-2-11(3-5-12)9-17-10-15(21-6-7-22-15)8-13(17)14(18)16-19/h3-6,14H,7-11H2,1-2H3;2-5,13,19H,6-10H2,1H3,(H,16,18)/t14-;13-/m11/s1. The number of esters is 1. The summed E-state index contributed by atoms with van der Waals surface area (Å²) in [7, 11) is 4.80. The van der Waals surface area contributed by atoms with Crippen LogP contribution in [0.5, 0.6) is 11.5 Å². The highest BCUT2D eigenvalue weighted by molar-refractivity contribution is 8.21. The zero-order chi connectivity index (χ0) is 31.2. The molecule has 2 N–H and O–H groups in total. The molecular formula is C31H41N3O6S4. The predicted octanol–water partition coefficient (Wildman–Crippen LogP) is 4.57. The molecule has 2 aromatic rings. The van der Waals surface area contributed by atoms with Crippen molar-refractivity contribution in [2.45, 2.75) is 46.2 Å². The molecule has 9 nitrogen and oxygen atoms in total. The molecule has 4 aliphatic heterocycles. The topological polar surface area (TPSA) is 101 Å². The Hall–Kier alpha value is -1.74. The Morgan fingerprint density at radius 2 is 1.16 bits per heavy atom. The number of nitrogens with zero attached hydrogens (tertiary/aromatic N) is 2. The van der Waals surface area contributed by atoms with Crippen molar-refractivity contribution in [2.75, 3.05) is 57.4 Å². The van der Waals surface area contributed by atoms with Gasteiger partial charge in [-0.3, -0.25) is 24.6 Å². The van der Waals surface area contributed by atoms with Crippen molar-refractivity contribution < 1.29 is 29.0 Å². The Morgan fingerprint density at radius 3 is 1.55 bits per heavy atom. The number of benzene rings is 2. The molecular weight excluding hydrogens is 639 g/mol. The number of carbonyl (C=O) groups excluding carboxylic acids is 2. The van der Waals surface area contributed by atoms with Gasteiger partial charge in [-0.2, -0.15) is 0 Å². The molecule has 0 unspecified atom stereocenters. The molecule has 1 amide bonds. The van der Waals surface area contributed by atoms with E-state index in [4.69, 9.17) is 19.4 Å². The van der Waals surface area contributed by atoms with Crippen LogP contribution >= 0.6 is 47.0 Å². The highest BCUT2D eigenvalue weighted by Gasteiger charge is 2.50. The van der Waals surface area contributed by atoms with Gasteiger partial charge < -0.3 is 14.2 Å². The molecule has 4 heterocycles. The number of rotatable bonds is 8. The first-order valence-corrected chi connectivity index (χ1v) is 18.6. The lowest BCUT2D eigenvalue weighted by Gasteiger charge is -2.23. The van der Waals surface area contributed by atoms with E-state index >= 15 is 0 Å². The van der Waals surface area contributed by atoms with Gasteiger partial charge in [-0.1, -0.05) is 24.3 Å². The van der Waals surface area contributed by atoms with Gasteiger partial charge >= 0.3 is 5.97 Å². The molecule has 240 valence electrons. The van der Waals surface area contributed by atoms with Crippen LogP contribution in [0.2, 0.25) is 0 Å². The number of ether oxygens (including phenoxy) is 3. The van der Waals surface area contributed by atoms with E-state index in [1.807, 2.05) is 88.9 Å². The zero-order valence-corrected chi connectivity index (χ0v) is 28.6. The van der Waals surface area contributed by atoms with E-state index in [2.05, 4.69) is 21.9 Å². The van der Waals surface area contributed by atoms with Gasteiger partial charge in [-0.25, -0.2) is 5.48 Å². The lowest BCUT2D eigenvalue weighted by atomic mass is 10.1. The molecule has 0 aliphatic carbocycles. The molecule has 4 fully saturated rings. The molecule has 13 heteroatoms. The number of carbonyl (C=O) groups is 2. The van der Waals surface area contributed by atoms with E-state index in [1.54, 1.807) is 14.2 Å². The molecule has 2 aromatic carbocycles. The number of hydrogen-bond acceptors (Lipinski definition) is 12. The minimum atomic E-state index is -0.307. The van der Waals surface area contributed by atoms with Crippen LogP contribution in [-0.4, -0.2) is 105 Å². The van der Waals surface area contributed by atoms with Crippen LogP contribution in [-0.2, 0) is 27.4 Å². The van der Waals surface area contributed by atoms with Crippen molar-refractivity contribution in [2.24, 2.45) is 0 Å². The van der Waals surface area contributed by atoms with Crippen molar-refractivity contribution in [3.8, 4) is 11.5 Å². The first kappa shape index (κ1) is 33.6. The van der Waals surface area contributed by atoms with Crippen molar-refractivity contribution in [1.82, 2.24) is 15.3 Å². The third kappa shape index (κ3) is 7.97. The number of amides is 1. The third-order valence-electron chi connectivity index (χ3n) is 8.38. The van der Waals surface area contributed by atoms with Gasteiger partial charge in [-0.15, -0.1) is 47.0 Å². The fourth-order valence-corrected chi connectivity index (χ4v) is 12.8. The molecule has 44 heavy (non-hydrogen) atoms. The van der Waals surface area contributed by atoms with Gasteiger partial charge in [0.25, 0.3) is 5.91 Å². The molecule has 2 spiro atoms. The average molecular weight is 680 g/mol. The molecule has 4 saturated heterocycles. The first-order valence-electron chi connectivity index (χ1n) is 14.6. The van der Waals surface area contributed by atoms with Gasteiger partial charge in [-0.05, 0) is 48.2 Å². The monoisotopic (exact) mass is 679 g/mol. The van der Waals surface area contributed by atoms with Crippen LogP contribution in [0.1, 0.15) is 24.0 Å². The van der Waals surface area contributed by atoms with Crippen LogP contribution in [0.25, 0.3) is 0 Å². The van der Waals surface area contributed by atoms with E-state index in [9.17, 15) is 9.59 Å². The summed E-state index contributed by atoms with van der Waals surface area (Å²) in [5.41, 5.74) is 4.16. The quantitative estimate of drug-likeness (QED) is 0.232. The maximum Gasteiger partial charge on any atom is 0.323 e. The second-order valence-corrected chi connectivity index (χ2v) is 17.6. The van der Waals surface area contributed by atoms with E-state index in [0.29, 0.717) is 6.54 Å². The number of hydroxylamine groups is 1. The number of methoxy groups -OCH3 is 3. The van der Waals surface area contributed by atoms with Gasteiger partial charge in [0.2, 0.25) is 0 Å². The van der Waals surface area contributed by atoms with Gasteiger partial charge in [0.1, 0.15) is 17.5 Å². The van der Waals surface area contributed by atoms with Crippen molar-refractivity contribution in [3.05, 3.63) is 59.7 Å². The SMILES string of the molecule is COC(=O)[C@H]1CC2(CN1Cc1ccc(OC)cc1)SCCS2.COc1ccc(CN2CC3(C[C@@H]2C(=O)NO)SCCS3)cc1. The van der Waals surface area contributed by atoms with E-state index < -0.39 is 0 Å². The molecule has 0 saturated carbocycles. The Bertz CT molecular complexity index is 1160. The first-order chi connectivity index (χ1) is 21.3.